The van der Waals surface area contributed by atoms with Crippen LogP contribution in [0.3, 0.4) is 0 Å². The number of hydrogen-bond donors (Lipinski definition) is 1. The van der Waals surface area contributed by atoms with Crippen molar-refractivity contribution in [1.82, 2.24) is 20.1 Å². The molecule has 0 saturated heterocycles. The molecule has 0 aliphatic rings. The predicted molar refractivity (Wildman–Crippen MR) is 54.8 cm³/mol. The van der Waals surface area contributed by atoms with E-state index >= 15 is 0 Å². The molecular formula is C8H13N5S. The molecule has 0 spiro atoms. The molecule has 0 saturated carbocycles. The van der Waals surface area contributed by atoms with Gasteiger partial charge in [-0.05, 0) is 14.0 Å². The second-order valence-electron chi connectivity index (χ2n) is 3.15. The van der Waals surface area contributed by atoms with E-state index in [-0.39, 0.29) is 0 Å². The second kappa shape index (κ2) is 4.44. The number of nitrogens with zero attached hydrogens (tertiary/aromatic N) is 4. The fraction of sp³-hybridized carbons (Fsp3) is 0.625. The van der Waals surface area contributed by atoms with Crippen LogP contribution in [0, 0.1) is 11.3 Å². The van der Waals surface area contributed by atoms with Crippen molar-refractivity contribution < 1.29 is 0 Å². The number of nitrogens with one attached hydrogen (secondary N) is 1. The summed E-state index contributed by atoms with van der Waals surface area (Å²) in [4.78, 5) is 4.07. The lowest BCUT2D eigenvalue weighted by molar-refractivity contribution is 0.549. The van der Waals surface area contributed by atoms with E-state index in [1.54, 1.807) is 11.7 Å². The lowest BCUT2D eigenvalue weighted by Gasteiger charge is -2.19. The van der Waals surface area contributed by atoms with Gasteiger partial charge in [-0.2, -0.15) is 10.4 Å². The summed E-state index contributed by atoms with van der Waals surface area (Å²) < 4.78 is 1.69. The van der Waals surface area contributed by atoms with Gasteiger partial charge in [-0.15, -0.1) is 0 Å². The lowest BCUT2D eigenvalue weighted by atomic mass is 10.1. The standard InChI is InChI=1S/C8H13N5S/c1-8(4-9,10-2)5-14-7-11-6-12-13(7)3/h6,10H,5H2,1-3H3. The molecule has 14 heavy (non-hydrogen) atoms. The molecule has 1 N–H and O–H groups in total. The molecule has 0 fully saturated rings. The van der Waals surface area contributed by atoms with Crippen LogP contribution in [0.1, 0.15) is 6.92 Å². The van der Waals surface area contributed by atoms with Gasteiger partial charge in [-0.3, -0.25) is 0 Å². The number of aryl methyl sites for hydroxylation is 1. The molecule has 1 aromatic rings. The third kappa shape index (κ3) is 2.47. The Bertz CT molecular complexity index is 342. The van der Waals surface area contributed by atoms with Gasteiger partial charge in [-0.25, -0.2) is 9.67 Å². The van der Waals surface area contributed by atoms with Crippen LogP contribution in [-0.4, -0.2) is 33.1 Å². The van der Waals surface area contributed by atoms with Crippen molar-refractivity contribution in [3.05, 3.63) is 6.33 Å². The van der Waals surface area contributed by atoms with Gasteiger partial charge in [0.1, 0.15) is 11.9 Å². The normalized spacial score (nSPS) is 14.7. The summed E-state index contributed by atoms with van der Waals surface area (Å²) in [6.07, 6.45) is 1.51. The van der Waals surface area contributed by atoms with E-state index in [4.69, 9.17) is 5.26 Å². The highest BCUT2D eigenvalue weighted by atomic mass is 32.2. The Labute approximate surface area is 87.5 Å². The van der Waals surface area contributed by atoms with Crippen molar-refractivity contribution in [2.75, 3.05) is 12.8 Å². The van der Waals surface area contributed by atoms with Crippen LogP contribution < -0.4 is 5.32 Å². The van der Waals surface area contributed by atoms with Gasteiger partial charge in [0.25, 0.3) is 0 Å². The quantitative estimate of drug-likeness (QED) is 0.731. The van der Waals surface area contributed by atoms with Crippen LogP contribution in [0.4, 0.5) is 0 Å². The van der Waals surface area contributed by atoms with Gasteiger partial charge in [-0.1, -0.05) is 11.8 Å². The zero-order chi connectivity index (χ0) is 10.6. The Morgan fingerprint density at radius 3 is 2.93 bits per heavy atom. The highest BCUT2D eigenvalue weighted by Gasteiger charge is 2.22. The summed E-state index contributed by atoms with van der Waals surface area (Å²) in [7, 11) is 3.61. The average molecular weight is 211 g/mol. The third-order valence-electron chi connectivity index (χ3n) is 1.96. The molecular weight excluding hydrogens is 198 g/mol. The van der Waals surface area contributed by atoms with Crippen molar-refractivity contribution in [2.45, 2.75) is 17.6 Å². The average Bonchev–Trinajstić information content (AvgIpc) is 2.61. The van der Waals surface area contributed by atoms with E-state index in [1.807, 2.05) is 14.0 Å². The first kappa shape index (κ1) is 11.0. The summed E-state index contributed by atoms with van der Waals surface area (Å²) in [5, 5.41) is 16.7. The Morgan fingerprint density at radius 1 is 1.79 bits per heavy atom. The van der Waals surface area contributed by atoms with Gasteiger partial charge < -0.3 is 5.32 Å². The van der Waals surface area contributed by atoms with E-state index in [1.165, 1.54) is 18.1 Å². The van der Waals surface area contributed by atoms with Crippen LogP contribution in [0.25, 0.3) is 0 Å². The molecule has 0 amide bonds. The zero-order valence-corrected chi connectivity index (χ0v) is 9.30. The van der Waals surface area contributed by atoms with Crippen LogP contribution in [0.15, 0.2) is 11.5 Å². The molecule has 1 rings (SSSR count). The van der Waals surface area contributed by atoms with Gasteiger partial charge in [0.05, 0.1) is 6.07 Å². The summed E-state index contributed by atoms with van der Waals surface area (Å²) >= 11 is 1.51. The predicted octanol–water partition coefficient (Wildman–Crippen LogP) is 0.409. The first-order chi connectivity index (χ1) is 6.61. The summed E-state index contributed by atoms with van der Waals surface area (Å²) in [6.45, 7) is 1.86. The van der Waals surface area contributed by atoms with Crippen LogP contribution in [-0.2, 0) is 7.05 Å². The topological polar surface area (TPSA) is 66.5 Å². The third-order valence-corrected chi connectivity index (χ3v) is 3.31. The number of hydrogen-bond acceptors (Lipinski definition) is 5. The molecule has 0 aromatic carbocycles. The van der Waals surface area contributed by atoms with Gasteiger partial charge >= 0.3 is 0 Å². The van der Waals surface area contributed by atoms with Gasteiger partial charge in [0, 0.05) is 12.8 Å². The van der Waals surface area contributed by atoms with Crippen LogP contribution in [0.2, 0.25) is 0 Å². The van der Waals surface area contributed by atoms with Gasteiger partial charge in [0.2, 0.25) is 0 Å². The van der Waals surface area contributed by atoms with Crippen molar-refractivity contribution in [3.8, 4) is 6.07 Å². The molecule has 0 bridgehead atoms. The molecule has 6 heteroatoms. The fourth-order valence-electron chi connectivity index (χ4n) is 0.786. The molecule has 1 aromatic heterocycles. The van der Waals surface area contributed by atoms with Crippen molar-refractivity contribution in [3.63, 3.8) is 0 Å². The minimum Gasteiger partial charge on any atom is -0.302 e. The van der Waals surface area contributed by atoms with E-state index in [9.17, 15) is 0 Å². The smallest absolute Gasteiger partial charge is 0.185 e. The number of thioether (sulfide) groups is 1. The highest BCUT2D eigenvalue weighted by molar-refractivity contribution is 7.99. The minimum atomic E-state index is -0.517. The van der Waals surface area contributed by atoms with E-state index in [0.717, 1.165) is 5.16 Å². The maximum atomic E-state index is 8.91. The number of rotatable bonds is 4. The second-order valence-corrected chi connectivity index (χ2v) is 4.09. The largest absolute Gasteiger partial charge is 0.302 e. The van der Waals surface area contributed by atoms with E-state index < -0.39 is 5.54 Å². The van der Waals surface area contributed by atoms with Gasteiger partial charge in [0.15, 0.2) is 5.16 Å². The molecule has 5 nitrogen and oxygen atoms in total. The zero-order valence-electron chi connectivity index (χ0n) is 8.48. The SMILES string of the molecule is CNC(C)(C#N)CSc1ncnn1C. The fourth-order valence-corrected chi connectivity index (χ4v) is 1.77. The molecule has 0 aliphatic heterocycles. The first-order valence-corrected chi connectivity index (χ1v) is 5.17. The van der Waals surface area contributed by atoms with Crippen molar-refractivity contribution >= 4 is 11.8 Å². The monoisotopic (exact) mass is 211 g/mol. The molecule has 0 radical (unpaired) electrons. The molecule has 0 aliphatic carbocycles. The molecule has 1 heterocycles. The van der Waals surface area contributed by atoms with Crippen molar-refractivity contribution in [2.24, 2.45) is 7.05 Å². The highest BCUT2D eigenvalue weighted by Crippen LogP contribution is 2.18. The molecule has 1 unspecified atom stereocenters. The maximum absolute atomic E-state index is 8.91. The van der Waals surface area contributed by atoms with E-state index in [0.29, 0.717) is 5.75 Å². The lowest BCUT2D eigenvalue weighted by Crippen LogP contribution is -2.40. The molecule has 76 valence electrons. The first-order valence-electron chi connectivity index (χ1n) is 4.18. The summed E-state index contributed by atoms with van der Waals surface area (Å²) in [5.74, 6) is 0.645. The van der Waals surface area contributed by atoms with E-state index in [2.05, 4.69) is 21.5 Å². The Kier molecular flexibility index (Phi) is 3.49. The Morgan fingerprint density at radius 2 is 2.50 bits per heavy atom. The minimum absolute atomic E-state index is 0.517. The van der Waals surface area contributed by atoms with Crippen molar-refractivity contribution in [1.29, 1.82) is 5.26 Å². The summed E-state index contributed by atoms with van der Waals surface area (Å²) in [5.41, 5.74) is -0.517. The van der Waals surface area contributed by atoms with Crippen LogP contribution in [0.5, 0.6) is 0 Å². The maximum Gasteiger partial charge on any atom is 0.185 e. The molecule has 1 atom stereocenters. The summed E-state index contributed by atoms with van der Waals surface area (Å²) in [6, 6.07) is 2.22. The number of nitriles is 1. The Balaban J connectivity index is 2.57. The number of aromatic nitrogens is 3. The Hall–Kier alpha value is -1.06. The van der Waals surface area contributed by atoms with Crippen LogP contribution >= 0.6 is 11.8 Å².